The predicted molar refractivity (Wildman–Crippen MR) is 196 cm³/mol. The lowest BCUT2D eigenvalue weighted by molar-refractivity contribution is -0.249. The van der Waals surface area contributed by atoms with Crippen molar-refractivity contribution in [1.29, 1.82) is 0 Å². The predicted octanol–water partition coefficient (Wildman–Crippen LogP) is 9.33. The summed E-state index contributed by atoms with van der Waals surface area (Å²) < 4.78 is 6.17. The number of ether oxygens (including phenoxy) is 1. The zero-order valence-corrected chi connectivity index (χ0v) is 32.4. The van der Waals surface area contributed by atoms with Crippen molar-refractivity contribution in [3.63, 3.8) is 0 Å². The molecule has 276 valence electrons. The largest absolute Gasteiger partial charge is 0.481 e. The molecule has 0 aromatic carbocycles. The first-order chi connectivity index (χ1) is 23.2. The summed E-state index contributed by atoms with van der Waals surface area (Å²) in [7, 11) is 0. The van der Waals surface area contributed by atoms with Crippen molar-refractivity contribution in [3.05, 3.63) is 42.2 Å². The van der Waals surface area contributed by atoms with Crippen molar-refractivity contribution in [3.8, 4) is 0 Å². The van der Waals surface area contributed by atoms with E-state index in [9.17, 15) is 19.5 Å². The molecule has 0 saturated heterocycles. The topological polar surface area (TPSA) is 106 Å². The monoisotopic (exact) mass is 688 g/mol. The van der Waals surface area contributed by atoms with E-state index in [4.69, 9.17) is 4.74 Å². The molecule has 1 heterocycles. The molecule has 5 saturated carbocycles. The molecule has 6 rings (SSSR count). The number of nitrogens with zero attached hydrogens (tertiary/aromatic N) is 1. The number of carbonyl (C=O) groups is 3. The Kier molecular flexibility index (Phi) is 9.24. The number of pyridine rings is 1. The van der Waals surface area contributed by atoms with Crippen LogP contribution in [0.3, 0.4) is 0 Å². The van der Waals surface area contributed by atoms with Crippen LogP contribution in [-0.2, 0) is 19.1 Å². The Morgan fingerprint density at radius 3 is 2.32 bits per heavy atom. The van der Waals surface area contributed by atoms with E-state index in [2.05, 4.69) is 65.3 Å². The van der Waals surface area contributed by atoms with E-state index < -0.39 is 17.4 Å². The highest BCUT2D eigenvalue weighted by Crippen LogP contribution is 2.77. The second-order valence-electron chi connectivity index (χ2n) is 19.5. The van der Waals surface area contributed by atoms with Gasteiger partial charge in [0.2, 0.25) is 5.91 Å². The van der Waals surface area contributed by atoms with Crippen LogP contribution in [0.4, 0.5) is 0 Å². The summed E-state index contributed by atoms with van der Waals surface area (Å²) >= 11 is 0. The normalized spacial score (nSPS) is 41.0. The summed E-state index contributed by atoms with van der Waals surface area (Å²) in [4.78, 5) is 43.9. The van der Waals surface area contributed by atoms with Gasteiger partial charge in [-0.15, -0.1) is 0 Å². The van der Waals surface area contributed by atoms with E-state index in [1.54, 1.807) is 20.0 Å². The summed E-state index contributed by atoms with van der Waals surface area (Å²) in [6.45, 7) is 24.3. The van der Waals surface area contributed by atoms with Crippen LogP contribution in [0, 0.1) is 62.1 Å². The highest BCUT2D eigenvalue weighted by molar-refractivity contribution is 5.84. The van der Waals surface area contributed by atoms with Crippen LogP contribution in [-0.4, -0.2) is 34.0 Å². The Morgan fingerprint density at radius 1 is 0.960 bits per heavy atom. The number of esters is 1. The molecule has 5 aliphatic carbocycles. The van der Waals surface area contributed by atoms with Crippen LogP contribution in [0.15, 0.2) is 36.5 Å². The van der Waals surface area contributed by atoms with Crippen molar-refractivity contribution in [2.75, 3.05) is 0 Å². The summed E-state index contributed by atoms with van der Waals surface area (Å²) in [6, 6.07) is 5.77. The van der Waals surface area contributed by atoms with Crippen LogP contribution in [0.2, 0.25) is 0 Å². The van der Waals surface area contributed by atoms with Crippen molar-refractivity contribution in [1.82, 2.24) is 10.3 Å². The smallest absolute Gasteiger partial charge is 0.309 e. The molecule has 0 radical (unpaired) electrons. The van der Waals surface area contributed by atoms with Gasteiger partial charge in [0.15, 0.2) is 0 Å². The molecular weight excluding hydrogens is 624 g/mol. The maximum atomic E-state index is 14.6. The zero-order valence-electron chi connectivity index (χ0n) is 32.4. The summed E-state index contributed by atoms with van der Waals surface area (Å²) in [5, 5.41) is 13.1. The third-order valence-corrected chi connectivity index (χ3v) is 16.4. The number of fused-ring (bicyclic) bond motifs is 7. The van der Waals surface area contributed by atoms with Gasteiger partial charge in [-0.25, -0.2) is 0 Å². The standard InChI is InChI=1S/C43H64N2O5/c1-26(2)28-16-21-43(36(47)45-27(3)30-13-11-12-24-44-30)23-22-41(9)29(35(28)43)14-15-32-40(8)19-18-33(50-34(46)25-38(4,5)37(48)49)39(6,7)31(40)17-20-42(32,41)10/h11-13,24,27-29,31-33,35H,1,14-23,25H2,2-10H3,(H,45,47)(H,48,49)/t27-,28-,29?,31?,32?,33?,35?,40?,41+,42?,43?/m0/s1. The van der Waals surface area contributed by atoms with E-state index in [1.165, 1.54) is 12.0 Å². The second kappa shape index (κ2) is 12.5. The van der Waals surface area contributed by atoms with Crippen LogP contribution in [0.1, 0.15) is 145 Å². The minimum atomic E-state index is -1.15. The van der Waals surface area contributed by atoms with Crippen molar-refractivity contribution >= 4 is 17.8 Å². The Hall–Kier alpha value is -2.70. The van der Waals surface area contributed by atoms with Crippen molar-refractivity contribution < 1.29 is 24.2 Å². The molecular formula is C43H64N2O5. The molecule has 11 atom stereocenters. The number of amides is 1. The minimum absolute atomic E-state index is 0.110. The van der Waals surface area contributed by atoms with Gasteiger partial charge in [-0.3, -0.25) is 19.4 Å². The maximum absolute atomic E-state index is 14.6. The Morgan fingerprint density at radius 2 is 1.68 bits per heavy atom. The number of rotatable bonds is 8. The zero-order chi connectivity index (χ0) is 36.7. The summed E-state index contributed by atoms with van der Waals surface area (Å²) in [5.74, 6) is 0.900. The van der Waals surface area contributed by atoms with Gasteiger partial charge in [-0.05, 0) is 150 Å². The molecule has 5 fully saturated rings. The second-order valence-corrected chi connectivity index (χ2v) is 19.5. The third kappa shape index (κ3) is 5.49. The van der Waals surface area contributed by atoms with Crippen LogP contribution in [0.5, 0.6) is 0 Å². The molecule has 50 heavy (non-hydrogen) atoms. The molecule has 2 N–H and O–H groups in total. The Labute approximate surface area is 301 Å². The van der Waals surface area contributed by atoms with E-state index in [1.807, 2.05) is 18.2 Å². The van der Waals surface area contributed by atoms with Gasteiger partial charge in [0.25, 0.3) is 0 Å². The lowest BCUT2D eigenvalue weighted by atomic mass is 9.32. The number of carbonyl (C=O) groups excluding carboxylic acids is 2. The molecule has 0 spiro atoms. The van der Waals surface area contributed by atoms with E-state index >= 15 is 0 Å². The number of hydrogen-bond donors (Lipinski definition) is 2. The molecule has 5 aliphatic rings. The van der Waals surface area contributed by atoms with Crippen LogP contribution < -0.4 is 5.32 Å². The number of aliphatic carboxylic acids is 1. The molecule has 7 nitrogen and oxygen atoms in total. The first-order valence-corrected chi connectivity index (χ1v) is 19.5. The quantitative estimate of drug-likeness (QED) is 0.208. The SMILES string of the molecule is C=C(C)[C@@H]1CCC2(C(=O)N[C@@H](C)c3ccccn3)CC[C@]3(C)C(CCC4C5(C)CCC(OC(=O)CC(C)(C)C(=O)O)C(C)(C)C5CCC43C)C12. The fourth-order valence-electron chi connectivity index (χ4n) is 13.4. The van der Waals surface area contributed by atoms with Gasteiger partial charge < -0.3 is 15.2 Å². The van der Waals surface area contributed by atoms with Crippen LogP contribution in [0.25, 0.3) is 0 Å². The average Bonchev–Trinajstić information content (AvgIpc) is 3.44. The average molecular weight is 689 g/mol. The summed E-state index contributed by atoms with van der Waals surface area (Å²) in [6.07, 6.45) is 11.8. The van der Waals surface area contributed by atoms with Gasteiger partial charge in [0.05, 0.1) is 29.0 Å². The van der Waals surface area contributed by atoms with Crippen molar-refractivity contribution in [2.24, 2.45) is 62.1 Å². The van der Waals surface area contributed by atoms with Gasteiger partial charge in [0, 0.05) is 11.6 Å². The summed E-state index contributed by atoms with van der Waals surface area (Å²) in [5.41, 5.74) is 0.756. The molecule has 0 bridgehead atoms. The Balaban J connectivity index is 1.26. The van der Waals surface area contributed by atoms with Gasteiger partial charge >= 0.3 is 11.9 Å². The number of hydrogen-bond acceptors (Lipinski definition) is 5. The molecule has 8 unspecified atom stereocenters. The van der Waals surface area contributed by atoms with E-state index in [0.717, 1.165) is 63.5 Å². The Bertz CT molecular complexity index is 1520. The lowest BCUT2D eigenvalue weighted by Crippen LogP contribution is -2.67. The fraction of sp³-hybridized carbons (Fsp3) is 0.767. The molecule has 7 heteroatoms. The minimum Gasteiger partial charge on any atom is -0.481 e. The maximum Gasteiger partial charge on any atom is 0.309 e. The number of carboxylic acid groups (broad SMARTS) is 1. The van der Waals surface area contributed by atoms with Crippen molar-refractivity contribution in [2.45, 2.75) is 145 Å². The van der Waals surface area contributed by atoms with Gasteiger partial charge in [-0.2, -0.15) is 0 Å². The highest BCUT2D eigenvalue weighted by atomic mass is 16.5. The number of carboxylic acids is 1. The number of aromatic nitrogens is 1. The van der Waals surface area contributed by atoms with Gasteiger partial charge in [0.1, 0.15) is 6.10 Å². The van der Waals surface area contributed by atoms with E-state index in [0.29, 0.717) is 29.6 Å². The lowest BCUT2D eigenvalue weighted by Gasteiger charge is -2.72. The first-order valence-electron chi connectivity index (χ1n) is 19.5. The highest BCUT2D eigenvalue weighted by Gasteiger charge is 2.72. The number of allylic oxidation sites excluding steroid dienone is 1. The molecule has 0 aliphatic heterocycles. The number of nitrogens with one attached hydrogen (secondary N) is 1. The van der Waals surface area contributed by atoms with E-state index in [-0.39, 0.29) is 51.5 Å². The molecule has 1 aromatic rings. The first kappa shape index (κ1) is 37.1. The molecule has 1 aromatic heterocycles. The fourth-order valence-corrected chi connectivity index (χ4v) is 13.4. The van der Waals surface area contributed by atoms with Gasteiger partial charge in [-0.1, -0.05) is 52.8 Å². The third-order valence-electron chi connectivity index (χ3n) is 16.4. The van der Waals surface area contributed by atoms with Crippen LogP contribution >= 0.6 is 0 Å². The molecule has 1 amide bonds.